The van der Waals surface area contributed by atoms with Gasteiger partial charge in [0.1, 0.15) is 11.5 Å². The second-order valence-electron chi connectivity index (χ2n) is 6.11. The number of carboxylic acid groups (broad SMARTS) is 1. The highest BCUT2D eigenvalue weighted by molar-refractivity contribution is 6.30. The number of nitrogens with one attached hydrogen (secondary N) is 1. The van der Waals surface area contributed by atoms with Gasteiger partial charge in [-0.25, -0.2) is 4.39 Å². The minimum Gasteiger partial charge on any atom is -0.481 e. The molecule has 0 unspecified atom stereocenters. The van der Waals surface area contributed by atoms with Crippen molar-refractivity contribution in [3.63, 3.8) is 0 Å². The number of hydrogen-bond acceptors (Lipinski definition) is 4. The molecule has 0 fully saturated rings. The van der Waals surface area contributed by atoms with E-state index in [1.54, 1.807) is 30.3 Å². The molecule has 0 radical (unpaired) electrons. The van der Waals surface area contributed by atoms with Crippen LogP contribution in [0, 0.1) is 5.82 Å². The molecule has 0 spiro atoms. The lowest BCUT2D eigenvalue weighted by Gasteiger charge is -2.16. The standard InChI is InChI=1S/C20H17ClFN3O4/c1-29-18-10-16(24-25(18)17-5-3-2-4-14(17)22)20(28)23-15(11-19(26)27)12-6-8-13(21)9-7-12/h2-10,15H,11H2,1H3,(H,23,28)(H,26,27)/t15-/m0/s1. The van der Waals surface area contributed by atoms with E-state index in [4.69, 9.17) is 16.3 Å². The van der Waals surface area contributed by atoms with Crippen molar-refractivity contribution in [1.29, 1.82) is 0 Å². The number of rotatable bonds is 7. The van der Waals surface area contributed by atoms with Gasteiger partial charge in [-0.15, -0.1) is 0 Å². The number of hydrogen-bond donors (Lipinski definition) is 2. The lowest BCUT2D eigenvalue weighted by molar-refractivity contribution is -0.137. The zero-order chi connectivity index (χ0) is 21.0. The number of carbonyl (C=O) groups excluding carboxylic acids is 1. The average Bonchev–Trinajstić information content (AvgIpc) is 3.12. The monoisotopic (exact) mass is 417 g/mol. The first kappa shape index (κ1) is 20.3. The van der Waals surface area contributed by atoms with E-state index in [0.29, 0.717) is 10.6 Å². The number of carboxylic acids is 1. The molecule has 7 nitrogen and oxygen atoms in total. The summed E-state index contributed by atoms with van der Waals surface area (Å²) in [5.41, 5.74) is 0.642. The minimum absolute atomic E-state index is 0.0468. The van der Waals surface area contributed by atoms with Gasteiger partial charge >= 0.3 is 5.97 Å². The molecule has 0 saturated carbocycles. The van der Waals surface area contributed by atoms with Gasteiger partial charge in [-0.1, -0.05) is 35.9 Å². The Balaban J connectivity index is 1.89. The summed E-state index contributed by atoms with van der Waals surface area (Å²) >= 11 is 5.87. The summed E-state index contributed by atoms with van der Waals surface area (Å²) in [5.74, 6) is -2.09. The van der Waals surface area contributed by atoms with E-state index in [2.05, 4.69) is 10.4 Å². The van der Waals surface area contributed by atoms with Gasteiger partial charge in [0.25, 0.3) is 5.91 Å². The second-order valence-corrected chi connectivity index (χ2v) is 6.55. The summed E-state index contributed by atoms with van der Waals surface area (Å²) in [4.78, 5) is 24.0. The molecule has 0 aliphatic carbocycles. The summed E-state index contributed by atoms with van der Waals surface area (Å²) in [6.07, 6.45) is -0.335. The molecule has 0 aliphatic rings. The molecule has 9 heteroatoms. The van der Waals surface area contributed by atoms with Gasteiger partial charge in [-0.2, -0.15) is 9.78 Å². The van der Waals surface area contributed by atoms with Gasteiger partial charge < -0.3 is 15.2 Å². The fraction of sp³-hybridized carbons (Fsp3) is 0.150. The topological polar surface area (TPSA) is 93.4 Å². The van der Waals surface area contributed by atoms with Gasteiger partial charge in [-0.05, 0) is 29.8 Å². The van der Waals surface area contributed by atoms with E-state index in [0.717, 1.165) is 0 Å². The molecular weight excluding hydrogens is 401 g/mol. The predicted molar refractivity (Wildman–Crippen MR) is 104 cm³/mol. The summed E-state index contributed by atoms with van der Waals surface area (Å²) in [5, 5.41) is 16.4. The molecule has 2 aromatic carbocycles. The van der Waals surface area contributed by atoms with Gasteiger partial charge in [0.15, 0.2) is 5.69 Å². The molecule has 0 bridgehead atoms. The Morgan fingerprint density at radius 2 is 1.93 bits per heavy atom. The highest BCUT2D eigenvalue weighted by Gasteiger charge is 2.23. The van der Waals surface area contributed by atoms with E-state index < -0.39 is 23.7 Å². The Morgan fingerprint density at radius 1 is 1.24 bits per heavy atom. The second kappa shape index (κ2) is 8.74. The first-order chi connectivity index (χ1) is 13.9. The number of amides is 1. The summed E-state index contributed by atoms with van der Waals surface area (Å²) in [7, 11) is 1.37. The largest absolute Gasteiger partial charge is 0.481 e. The molecule has 0 aliphatic heterocycles. The van der Waals surface area contributed by atoms with E-state index >= 15 is 0 Å². The Labute approximate surface area is 170 Å². The molecule has 1 amide bonds. The van der Waals surface area contributed by atoms with Crippen LogP contribution >= 0.6 is 11.6 Å². The van der Waals surface area contributed by atoms with Crippen molar-refractivity contribution in [2.45, 2.75) is 12.5 Å². The van der Waals surface area contributed by atoms with E-state index in [1.807, 2.05) is 0 Å². The number of ether oxygens (including phenoxy) is 1. The first-order valence-corrected chi connectivity index (χ1v) is 8.94. The third kappa shape index (κ3) is 4.72. The van der Waals surface area contributed by atoms with Crippen LogP contribution in [-0.4, -0.2) is 33.9 Å². The minimum atomic E-state index is -1.08. The number of nitrogens with zero attached hydrogens (tertiary/aromatic N) is 2. The Hall–Kier alpha value is -3.39. The molecule has 1 heterocycles. The van der Waals surface area contributed by atoms with Crippen molar-refractivity contribution in [2.24, 2.45) is 0 Å². The molecule has 0 saturated heterocycles. The fourth-order valence-corrected chi connectivity index (χ4v) is 2.90. The van der Waals surface area contributed by atoms with E-state index in [-0.39, 0.29) is 23.7 Å². The fourth-order valence-electron chi connectivity index (χ4n) is 2.77. The molecule has 1 atom stereocenters. The number of halogens is 2. The molecular formula is C20H17ClFN3O4. The van der Waals surface area contributed by atoms with Gasteiger partial charge in [0.2, 0.25) is 5.88 Å². The molecule has 1 aromatic heterocycles. The van der Waals surface area contributed by atoms with Crippen LogP contribution < -0.4 is 10.1 Å². The van der Waals surface area contributed by atoms with Crippen LogP contribution in [0.1, 0.15) is 28.5 Å². The number of aliphatic carboxylic acids is 1. The molecule has 150 valence electrons. The third-order valence-electron chi connectivity index (χ3n) is 4.16. The average molecular weight is 418 g/mol. The van der Waals surface area contributed by atoms with Crippen molar-refractivity contribution in [2.75, 3.05) is 7.11 Å². The normalized spacial score (nSPS) is 11.7. The summed E-state index contributed by atoms with van der Waals surface area (Å²) in [6, 6.07) is 12.9. The number of aromatic nitrogens is 2. The molecule has 3 aromatic rings. The van der Waals surface area contributed by atoms with Crippen LogP contribution in [0.5, 0.6) is 5.88 Å². The number of benzene rings is 2. The number of methoxy groups -OCH3 is 1. The third-order valence-corrected chi connectivity index (χ3v) is 4.41. The lowest BCUT2D eigenvalue weighted by atomic mass is 10.0. The maximum atomic E-state index is 14.1. The first-order valence-electron chi connectivity index (χ1n) is 8.56. The highest BCUT2D eigenvalue weighted by Crippen LogP contribution is 2.23. The van der Waals surface area contributed by atoms with Crippen molar-refractivity contribution in [3.05, 3.63) is 76.7 Å². The van der Waals surface area contributed by atoms with Crippen LogP contribution in [0.2, 0.25) is 5.02 Å². The van der Waals surface area contributed by atoms with Crippen LogP contribution in [-0.2, 0) is 4.79 Å². The quantitative estimate of drug-likeness (QED) is 0.612. The number of para-hydroxylation sites is 1. The summed E-state index contributed by atoms with van der Waals surface area (Å²) in [6.45, 7) is 0. The summed E-state index contributed by atoms with van der Waals surface area (Å²) < 4.78 is 20.5. The Morgan fingerprint density at radius 3 is 2.55 bits per heavy atom. The highest BCUT2D eigenvalue weighted by atomic mass is 35.5. The van der Waals surface area contributed by atoms with Crippen molar-refractivity contribution < 1.29 is 23.8 Å². The molecule has 2 N–H and O–H groups in total. The van der Waals surface area contributed by atoms with Crippen LogP contribution in [0.25, 0.3) is 5.69 Å². The van der Waals surface area contributed by atoms with E-state index in [1.165, 1.54) is 36.1 Å². The van der Waals surface area contributed by atoms with Gasteiger partial charge in [-0.3, -0.25) is 9.59 Å². The predicted octanol–water partition coefficient (Wildman–Crippen LogP) is 3.62. The van der Waals surface area contributed by atoms with Gasteiger partial charge in [0.05, 0.1) is 19.6 Å². The van der Waals surface area contributed by atoms with Crippen LogP contribution in [0.4, 0.5) is 4.39 Å². The molecule has 3 rings (SSSR count). The van der Waals surface area contributed by atoms with Crippen molar-refractivity contribution in [1.82, 2.24) is 15.1 Å². The zero-order valence-electron chi connectivity index (χ0n) is 15.3. The van der Waals surface area contributed by atoms with Gasteiger partial charge in [0, 0.05) is 11.1 Å². The zero-order valence-corrected chi connectivity index (χ0v) is 16.1. The van der Waals surface area contributed by atoms with Crippen LogP contribution in [0.3, 0.4) is 0 Å². The maximum Gasteiger partial charge on any atom is 0.305 e. The Kier molecular flexibility index (Phi) is 6.13. The van der Waals surface area contributed by atoms with Crippen LogP contribution in [0.15, 0.2) is 54.6 Å². The smallest absolute Gasteiger partial charge is 0.305 e. The Bertz CT molecular complexity index is 1040. The SMILES string of the molecule is COc1cc(C(=O)N[C@@H](CC(=O)O)c2ccc(Cl)cc2)nn1-c1ccccc1F. The number of carbonyl (C=O) groups is 2. The lowest BCUT2D eigenvalue weighted by Crippen LogP contribution is -2.30. The molecule has 29 heavy (non-hydrogen) atoms. The van der Waals surface area contributed by atoms with Crippen molar-refractivity contribution in [3.8, 4) is 11.6 Å². The van der Waals surface area contributed by atoms with Crippen molar-refractivity contribution >= 4 is 23.5 Å². The van der Waals surface area contributed by atoms with E-state index in [9.17, 15) is 19.1 Å². The maximum absolute atomic E-state index is 14.1.